The smallest absolute Gasteiger partial charge is 0.139 e. The number of ketones is 1. The molecule has 1 rings (SSSR count). The molecule has 0 saturated heterocycles. The summed E-state index contributed by atoms with van der Waals surface area (Å²) < 4.78 is 13.4. The average molecular weight is 236 g/mol. The van der Waals surface area contributed by atoms with E-state index in [2.05, 4.69) is 13.8 Å². The third-order valence-electron chi connectivity index (χ3n) is 2.68. The van der Waals surface area contributed by atoms with Gasteiger partial charge in [0, 0.05) is 12.3 Å². The van der Waals surface area contributed by atoms with Crippen molar-refractivity contribution < 1.29 is 9.18 Å². The summed E-state index contributed by atoms with van der Waals surface area (Å²) in [5, 5.41) is 0. The summed E-state index contributed by atoms with van der Waals surface area (Å²) in [6, 6.07) is 4.97. The summed E-state index contributed by atoms with van der Waals surface area (Å²) in [5.41, 5.74) is 1.77. The highest BCUT2D eigenvalue weighted by atomic mass is 19.1. The maximum atomic E-state index is 13.4. The fraction of sp³-hybridized carbons (Fsp3) is 0.533. The Bertz CT molecular complexity index is 394. The Balaban J connectivity index is 2.85. The lowest BCUT2D eigenvalue weighted by Crippen LogP contribution is -2.10. The van der Waals surface area contributed by atoms with Crippen molar-refractivity contribution >= 4 is 5.78 Å². The third kappa shape index (κ3) is 4.68. The summed E-state index contributed by atoms with van der Waals surface area (Å²) in [5.74, 6) is 0.415. The highest BCUT2D eigenvalue weighted by Crippen LogP contribution is 2.15. The molecule has 0 N–H and O–H groups in total. The number of Topliss-reactive ketones (excluding diaryl/α,β-unsaturated/α-hetero) is 1. The lowest BCUT2D eigenvalue weighted by atomic mass is 9.96. The zero-order chi connectivity index (χ0) is 13.0. The summed E-state index contributed by atoms with van der Waals surface area (Å²) in [6.07, 6.45) is 1.18. The Morgan fingerprint density at radius 2 is 1.71 bits per heavy atom. The van der Waals surface area contributed by atoms with Crippen molar-refractivity contribution in [1.82, 2.24) is 0 Å². The topological polar surface area (TPSA) is 17.1 Å². The lowest BCUT2D eigenvalue weighted by Gasteiger charge is -2.09. The third-order valence-corrected chi connectivity index (χ3v) is 2.68. The van der Waals surface area contributed by atoms with Crippen LogP contribution < -0.4 is 0 Å². The standard InChI is InChI=1S/C15H21FO/c1-10(2)5-12-6-13(8-14(16)7-12)9-15(17)11(3)4/h6-8,10-11H,5,9H2,1-4H3. The first kappa shape index (κ1) is 13.9. The van der Waals surface area contributed by atoms with Crippen molar-refractivity contribution in [2.45, 2.75) is 40.5 Å². The molecule has 17 heavy (non-hydrogen) atoms. The van der Waals surface area contributed by atoms with Gasteiger partial charge in [-0.2, -0.15) is 0 Å². The predicted molar refractivity (Wildman–Crippen MR) is 68.5 cm³/mol. The number of benzene rings is 1. The molecule has 0 aliphatic carbocycles. The Labute approximate surface area is 103 Å². The second kappa shape index (κ2) is 5.95. The van der Waals surface area contributed by atoms with E-state index in [1.165, 1.54) is 6.07 Å². The van der Waals surface area contributed by atoms with Crippen LogP contribution in [0.2, 0.25) is 0 Å². The molecule has 0 radical (unpaired) electrons. The first-order valence-corrected chi connectivity index (χ1v) is 6.19. The molecule has 0 saturated carbocycles. The van der Waals surface area contributed by atoms with Crippen LogP contribution in [0.4, 0.5) is 4.39 Å². The van der Waals surface area contributed by atoms with E-state index in [1.54, 1.807) is 6.07 Å². The summed E-state index contributed by atoms with van der Waals surface area (Å²) in [6.45, 7) is 7.95. The molecule has 1 nitrogen and oxygen atoms in total. The molecule has 0 aliphatic rings. The van der Waals surface area contributed by atoms with Crippen LogP contribution in [0.5, 0.6) is 0 Å². The van der Waals surface area contributed by atoms with Gasteiger partial charge in [0.2, 0.25) is 0 Å². The molecule has 0 bridgehead atoms. The largest absolute Gasteiger partial charge is 0.299 e. The number of carbonyl (C=O) groups excluding carboxylic acids is 1. The average Bonchev–Trinajstić information content (AvgIpc) is 2.14. The van der Waals surface area contributed by atoms with Crippen molar-refractivity contribution in [3.63, 3.8) is 0 Å². The number of hydrogen-bond acceptors (Lipinski definition) is 1. The zero-order valence-electron chi connectivity index (χ0n) is 11.1. The second-order valence-electron chi connectivity index (χ2n) is 5.36. The fourth-order valence-corrected chi connectivity index (χ4v) is 1.81. The van der Waals surface area contributed by atoms with E-state index in [1.807, 2.05) is 19.9 Å². The molecule has 0 unspecified atom stereocenters. The quantitative estimate of drug-likeness (QED) is 0.760. The SMILES string of the molecule is CC(C)Cc1cc(F)cc(CC(=O)C(C)C)c1. The van der Waals surface area contributed by atoms with Crippen molar-refractivity contribution in [1.29, 1.82) is 0 Å². The van der Waals surface area contributed by atoms with Gasteiger partial charge in [0.25, 0.3) is 0 Å². The molecule has 2 heteroatoms. The molecule has 0 amide bonds. The second-order valence-corrected chi connectivity index (χ2v) is 5.36. The maximum Gasteiger partial charge on any atom is 0.139 e. The van der Waals surface area contributed by atoms with Crippen LogP contribution in [0.15, 0.2) is 18.2 Å². The van der Waals surface area contributed by atoms with Crippen LogP contribution in [-0.2, 0) is 17.6 Å². The van der Waals surface area contributed by atoms with E-state index >= 15 is 0 Å². The van der Waals surface area contributed by atoms with E-state index in [0.29, 0.717) is 12.3 Å². The molecule has 0 atom stereocenters. The highest BCUT2D eigenvalue weighted by molar-refractivity contribution is 5.82. The van der Waals surface area contributed by atoms with Crippen LogP contribution >= 0.6 is 0 Å². The van der Waals surface area contributed by atoms with E-state index < -0.39 is 0 Å². The molecule has 94 valence electrons. The highest BCUT2D eigenvalue weighted by Gasteiger charge is 2.10. The summed E-state index contributed by atoms with van der Waals surface area (Å²) in [4.78, 5) is 11.6. The molecule has 0 fully saturated rings. The summed E-state index contributed by atoms with van der Waals surface area (Å²) >= 11 is 0. The van der Waals surface area contributed by atoms with Crippen LogP contribution in [0.25, 0.3) is 0 Å². The Kier molecular flexibility index (Phi) is 4.86. The van der Waals surface area contributed by atoms with Gasteiger partial charge in [0.1, 0.15) is 11.6 Å². The normalized spacial score (nSPS) is 11.2. The van der Waals surface area contributed by atoms with Gasteiger partial charge in [-0.25, -0.2) is 4.39 Å². The van der Waals surface area contributed by atoms with Crippen molar-refractivity contribution in [2.24, 2.45) is 11.8 Å². The lowest BCUT2D eigenvalue weighted by molar-refractivity contribution is -0.121. The molecule has 0 aliphatic heterocycles. The van der Waals surface area contributed by atoms with E-state index in [4.69, 9.17) is 0 Å². The van der Waals surface area contributed by atoms with Crippen molar-refractivity contribution in [3.05, 3.63) is 35.1 Å². The molecule has 1 aromatic rings. The minimum Gasteiger partial charge on any atom is -0.299 e. The van der Waals surface area contributed by atoms with Gasteiger partial charge in [0.15, 0.2) is 0 Å². The van der Waals surface area contributed by atoms with Gasteiger partial charge in [-0.15, -0.1) is 0 Å². The maximum absolute atomic E-state index is 13.4. The molecule has 0 heterocycles. The molecular formula is C15H21FO. The van der Waals surface area contributed by atoms with E-state index in [0.717, 1.165) is 17.5 Å². The Morgan fingerprint density at radius 1 is 1.12 bits per heavy atom. The monoisotopic (exact) mass is 236 g/mol. The Hall–Kier alpha value is -1.18. The first-order valence-electron chi connectivity index (χ1n) is 6.19. The predicted octanol–water partition coefficient (Wildman–Crippen LogP) is 3.79. The van der Waals surface area contributed by atoms with Gasteiger partial charge < -0.3 is 0 Å². The Morgan fingerprint density at radius 3 is 2.24 bits per heavy atom. The van der Waals surface area contributed by atoms with Gasteiger partial charge in [-0.05, 0) is 35.6 Å². The zero-order valence-corrected chi connectivity index (χ0v) is 11.1. The summed E-state index contributed by atoms with van der Waals surface area (Å²) in [7, 11) is 0. The number of carbonyl (C=O) groups is 1. The van der Waals surface area contributed by atoms with Gasteiger partial charge in [-0.1, -0.05) is 33.8 Å². The molecular weight excluding hydrogens is 215 g/mol. The number of rotatable bonds is 5. The van der Waals surface area contributed by atoms with Gasteiger partial charge in [-0.3, -0.25) is 4.79 Å². The van der Waals surface area contributed by atoms with E-state index in [9.17, 15) is 9.18 Å². The minimum absolute atomic E-state index is 0.00631. The van der Waals surface area contributed by atoms with Crippen LogP contribution in [0.3, 0.4) is 0 Å². The van der Waals surface area contributed by atoms with Gasteiger partial charge >= 0.3 is 0 Å². The number of halogens is 1. The first-order chi connectivity index (χ1) is 7.88. The molecule has 0 aromatic heterocycles. The van der Waals surface area contributed by atoms with Crippen LogP contribution in [0.1, 0.15) is 38.8 Å². The fourth-order valence-electron chi connectivity index (χ4n) is 1.81. The van der Waals surface area contributed by atoms with E-state index in [-0.39, 0.29) is 17.5 Å². The van der Waals surface area contributed by atoms with Gasteiger partial charge in [0.05, 0.1) is 0 Å². The van der Waals surface area contributed by atoms with Crippen molar-refractivity contribution in [2.75, 3.05) is 0 Å². The van der Waals surface area contributed by atoms with Crippen molar-refractivity contribution in [3.8, 4) is 0 Å². The van der Waals surface area contributed by atoms with Crippen LogP contribution in [0, 0.1) is 17.7 Å². The van der Waals surface area contributed by atoms with Crippen LogP contribution in [-0.4, -0.2) is 5.78 Å². The number of hydrogen-bond donors (Lipinski definition) is 0. The minimum atomic E-state index is -0.241. The molecule has 1 aromatic carbocycles. The molecule has 0 spiro atoms.